The molecule has 0 aromatic rings. The van der Waals surface area contributed by atoms with Gasteiger partial charge >= 0.3 is 0 Å². The molecule has 1 aliphatic carbocycles. The van der Waals surface area contributed by atoms with Crippen molar-refractivity contribution < 1.29 is 4.74 Å². The minimum Gasteiger partial charge on any atom is -0.382 e. The first-order chi connectivity index (χ1) is 10.3. The monoisotopic (exact) mass is 297 g/mol. The minimum absolute atomic E-state index is 0.655. The van der Waals surface area contributed by atoms with Crippen LogP contribution in [0.2, 0.25) is 0 Å². The lowest BCUT2D eigenvalue weighted by atomic mass is 10.1. The van der Waals surface area contributed by atoms with Crippen LogP contribution in [0.15, 0.2) is 0 Å². The molecular weight excluding hydrogens is 262 g/mol. The van der Waals surface area contributed by atoms with Gasteiger partial charge in [-0.3, -0.25) is 9.80 Å². The van der Waals surface area contributed by atoms with Gasteiger partial charge in [0.25, 0.3) is 0 Å². The Morgan fingerprint density at radius 2 is 1.86 bits per heavy atom. The van der Waals surface area contributed by atoms with Crippen molar-refractivity contribution in [3.63, 3.8) is 0 Å². The van der Waals surface area contributed by atoms with Crippen LogP contribution in [0.3, 0.4) is 0 Å². The van der Waals surface area contributed by atoms with E-state index in [-0.39, 0.29) is 0 Å². The van der Waals surface area contributed by atoms with Gasteiger partial charge in [0.1, 0.15) is 0 Å². The summed E-state index contributed by atoms with van der Waals surface area (Å²) in [6.07, 6.45) is 6.91. The van der Waals surface area contributed by atoms with Gasteiger partial charge in [-0.15, -0.1) is 0 Å². The summed E-state index contributed by atoms with van der Waals surface area (Å²) >= 11 is 0. The second kappa shape index (κ2) is 9.78. The van der Waals surface area contributed by atoms with Gasteiger partial charge in [0, 0.05) is 58.0 Å². The van der Waals surface area contributed by atoms with Crippen LogP contribution >= 0.6 is 0 Å². The summed E-state index contributed by atoms with van der Waals surface area (Å²) in [7, 11) is 0. The van der Waals surface area contributed by atoms with Crippen LogP contribution in [0.4, 0.5) is 0 Å². The van der Waals surface area contributed by atoms with Crippen LogP contribution in [0.1, 0.15) is 46.0 Å². The summed E-state index contributed by atoms with van der Waals surface area (Å²) in [6.45, 7) is 13.4. The number of hydrogen-bond donors (Lipinski definition) is 1. The maximum atomic E-state index is 5.36. The molecule has 1 unspecified atom stereocenters. The smallest absolute Gasteiger partial charge is 0.0477 e. The third-order valence-corrected chi connectivity index (χ3v) is 5.10. The van der Waals surface area contributed by atoms with Gasteiger partial charge in [0.2, 0.25) is 0 Å². The van der Waals surface area contributed by atoms with Gasteiger partial charge in [-0.1, -0.05) is 12.8 Å². The zero-order valence-electron chi connectivity index (χ0n) is 14.1. The number of rotatable bonds is 9. The van der Waals surface area contributed by atoms with Crippen LogP contribution in [0.25, 0.3) is 0 Å². The lowest BCUT2D eigenvalue weighted by molar-refractivity contribution is 0.0746. The van der Waals surface area contributed by atoms with E-state index in [1.54, 1.807) is 0 Å². The molecule has 1 saturated carbocycles. The Labute approximate surface area is 131 Å². The van der Waals surface area contributed by atoms with E-state index in [2.05, 4.69) is 29.0 Å². The molecule has 2 fully saturated rings. The molecule has 0 bridgehead atoms. The van der Waals surface area contributed by atoms with E-state index in [1.807, 2.05) is 0 Å². The van der Waals surface area contributed by atoms with Crippen LogP contribution in [-0.4, -0.2) is 74.4 Å². The molecular formula is C17H35N3O. The quantitative estimate of drug-likeness (QED) is 0.658. The third kappa shape index (κ3) is 5.85. The van der Waals surface area contributed by atoms with Crippen LogP contribution in [0, 0.1) is 0 Å². The second-order valence-electron chi connectivity index (χ2n) is 6.61. The van der Waals surface area contributed by atoms with Gasteiger partial charge in [0.05, 0.1) is 0 Å². The molecule has 0 spiro atoms. The normalized spacial score (nSPS) is 23.7. The first-order valence-corrected chi connectivity index (χ1v) is 9.07. The number of nitrogens with one attached hydrogen (secondary N) is 1. The summed E-state index contributed by atoms with van der Waals surface area (Å²) in [5, 5.41) is 3.57. The topological polar surface area (TPSA) is 27.7 Å². The molecule has 2 rings (SSSR count). The van der Waals surface area contributed by atoms with Gasteiger partial charge < -0.3 is 10.1 Å². The molecule has 1 N–H and O–H groups in total. The first-order valence-electron chi connectivity index (χ1n) is 9.07. The van der Waals surface area contributed by atoms with Gasteiger partial charge in [0.15, 0.2) is 0 Å². The predicted octanol–water partition coefficient (Wildman–Crippen LogP) is 1.95. The van der Waals surface area contributed by atoms with E-state index in [4.69, 9.17) is 4.74 Å². The maximum Gasteiger partial charge on any atom is 0.0477 e. The SMILES string of the molecule is CCOCCCNCC(C)N1CCN(C2CCCC2)CC1. The van der Waals surface area contributed by atoms with E-state index < -0.39 is 0 Å². The zero-order chi connectivity index (χ0) is 14.9. The molecule has 4 nitrogen and oxygen atoms in total. The number of nitrogens with zero attached hydrogens (tertiary/aromatic N) is 2. The number of piperazine rings is 1. The summed E-state index contributed by atoms with van der Waals surface area (Å²) in [4.78, 5) is 5.40. The lowest BCUT2D eigenvalue weighted by Crippen LogP contribution is -2.53. The first kappa shape index (κ1) is 17.2. The molecule has 4 heteroatoms. The van der Waals surface area contributed by atoms with Crippen molar-refractivity contribution in [2.24, 2.45) is 0 Å². The maximum absolute atomic E-state index is 5.36. The Bertz CT molecular complexity index is 261. The van der Waals surface area contributed by atoms with Crippen LogP contribution < -0.4 is 5.32 Å². The molecule has 1 atom stereocenters. The summed E-state index contributed by atoms with van der Waals surface area (Å²) in [5.41, 5.74) is 0. The third-order valence-electron chi connectivity index (χ3n) is 5.10. The predicted molar refractivity (Wildman–Crippen MR) is 88.8 cm³/mol. The molecule has 1 saturated heterocycles. The highest BCUT2D eigenvalue weighted by Crippen LogP contribution is 2.24. The highest BCUT2D eigenvalue weighted by atomic mass is 16.5. The van der Waals surface area contributed by atoms with Gasteiger partial charge in [-0.25, -0.2) is 0 Å². The summed E-state index contributed by atoms with van der Waals surface area (Å²) < 4.78 is 5.36. The van der Waals surface area contributed by atoms with Crippen molar-refractivity contribution >= 4 is 0 Å². The summed E-state index contributed by atoms with van der Waals surface area (Å²) in [6, 6.07) is 1.56. The fourth-order valence-corrected chi connectivity index (χ4v) is 3.70. The minimum atomic E-state index is 0.655. The number of hydrogen-bond acceptors (Lipinski definition) is 4. The van der Waals surface area contributed by atoms with E-state index in [0.717, 1.165) is 38.8 Å². The summed E-state index contributed by atoms with van der Waals surface area (Å²) in [5.74, 6) is 0. The highest BCUT2D eigenvalue weighted by molar-refractivity contribution is 4.83. The van der Waals surface area contributed by atoms with Crippen molar-refractivity contribution in [3.05, 3.63) is 0 Å². The molecule has 0 amide bonds. The average Bonchev–Trinajstić information content (AvgIpc) is 3.05. The van der Waals surface area contributed by atoms with E-state index in [9.17, 15) is 0 Å². The Morgan fingerprint density at radius 3 is 2.52 bits per heavy atom. The average molecular weight is 297 g/mol. The van der Waals surface area contributed by atoms with Crippen LogP contribution in [-0.2, 0) is 4.74 Å². The standard InChI is InChI=1S/C17H35N3O/c1-3-21-14-6-9-18-15-16(2)19-10-12-20(13-11-19)17-7-4-5-8-17/h16-18H,3-15H2,1-2H3. The molecule has 21 heavy (non-hydrogen) atoms. The van der Waals surface area contributed by atoms with Gasteiger partial charge in [-0.05, 0) is 39.7 Å². The molecule has 2 aliphatic rings. The van der Waals surface area contributed by atoms with Gasteiger partial charge in [-0.2, -0.15) is 0 Å². The zero-order valence-corrected chi connectivity index (χ0v) is 14.1. The van der Waals surface area contributed by atoms with Crippen molar-refractivity contribution in [1.29, 1.82) is 0 Å². The van der Waals surface area contributed by atoms with Crippen molar-refractivity contribution in [3.8, 4) is 0 Å². The Hall–Kier alpha value is -0.160. The molecule has 1 heterocycles. The van der Waals surface area contributed by atoms with Crippen molar-refractivity contribution in [2.75, 3.05) is 52.5 Å². The Balaban J connectivity index is 1.54. The Morgan fingerprint density at radius 1 is 1.14 bits per heavy atom. The molecule has 0 radical (unpaired) electrons. The molecule has 0 aromatic carbocycles. The fourth-order valence-electron chi connectivity index (χ4n) is 3.70. The van der Waals surface area contributed by atoms with Crippen molar-refractivity contribution in [1.82, 2.24) is 15.1 Å². The molecule has 1 aliphatic heterocycles. The lowest BCUT2D eigenvalue weighted by Gasteiger charge is -2.40. The largest absolute Gasteiger partial charge is 0.382 e. The fraction of sp³-hybridized carbons (Fsp3) is 1.00. The molecule has 124 valence electrons. The van der Waals surface area contributed by atoms with Crippen LogP contribution in [0.5, 0.6) is 0 Å². The van der Waals surface area contributed by atoms with Crippen molar-refractivity contribution in [2.45, 2.75) is 58.0 Å². The van der Waals surface area contributed by atoms with E-state index in [0.29, 0.717) is 6.04 Å². The molecule has 0 aromatic heterocycles. The van der Waals surface area contributed by atoms with E-state index >= 15 is 0 Å². The number of ether oxygens (including phenoxy) is 1. The highest BCUT2D eigenvalue weighted by Gasteiger charge is 2.27. The Kier molecular flexibility index (Phi) is 8.01. The van der Waals surface area contributed by atoms with E-state index in [1.165, 1.54) is 51.9 Å². The second-order valence-corrected chi connectivity index (χ2v) is 6.61.